The van der Waals surface area contributed by atoms with Crippen molar-refractivity contribution >= 4 is 11.6 Å². The van der Waals surface area contributed by atoms with E-state index in [2.05, 4.69) is 0 Å². The number of rotatable bonds is 1. The topological polar surface area (TPSA) is 44.1 Å². The lowest BCUT2D eigenvalue weighted by Gasteiger charge is -2.22. The molecule has 0 fully saturated rings. The summed E-state index contributed by atoms with van der Waals surface area (Å²) in [6.45, 7) is 7.03. The number of hydrogen-bond donors (Lipinski definition) is 0. The Bertz CT molecular complexity index is 750. The number of halogens is 2. The third-order valence-corrected chi connectivity index (χ3v) is 3.54. The molecule has 0 saturated carbocycles. The van der Waals surface area contributed by atoms with Crippen LogP contribution in [-0.4, -0.2) is 5.91 Å². The lowest BCUT2D eigenvalue weighted by Crippen LogP contribution is -2.27. The monoisotopic (exact) mass is 288 g/mol. The van der Waals surface area contributed by atoms with E-state index >= 15 is 0 Å². The fourth-order valence-corrected chi connectivity index (χ4v) is 2.40. The first-order valence-electron chi connectivity index (χ1n) is 6.38. The fraction of sp³-hybridized carbons (Fsp3) is 0.250. The number of carbonyl (C=O) groups is 1. The number of nitrogens with zero attached hydrogens (tertiary/aromatic N) is 2. The van der Waals surface area contributed by atoms with Gasteiger partial charge in [-0.1, -0.05) is 5.57 Å². The maximum Gasteiger partial charge on any atom is 0.258 e. The largest absolute Gasteiger partial charge is 0.274 e. The third-order valence-electron chi connectivity index (χ3n) is 3.54. The van der Waals surface area contributed by atoms with Crippen molar-refractivity contribution in [2.45, 2.75) is 27.7 Å². The van der Waals surface area contributed by atoms with Crippen LogP contribution in [0.2, 0.25) is 0 Å². The average Bonchev–Trinajstić information content (AvgIpc) is 2.65. The van der Waals surface area contributed by atoms with E-state index < -0.39 is 11.6 Å². The summed E-state index contributed by atoms with van der Waals surface area (Å²) < 4.78 is 28.0. The second-order valence-corrected chi connectivity index (χ2v) is 5.13. The van der Waals surface area contributed by atoms with Crippen LogP contribution < -0.4 is 4.90 Å². The molecular formula is C16H14F2N2O. The van der Waals surface area contributed by atoms with Gasteiger partial charge in [-0.15, -0.1) is 0 Å². The van der Waals surface area contributed by atoms with Gasteiger partial charge >= 0.3 is 0 Å². The van der Waals surface area contributed by atoms with Crippen molar-refractivity contribution in [2.24, 2.45) is 0 Å². The Morgan fingerprint density at radius 1 is 1.14 bits per heavy atom. The maximum absolute atomic E-state index is 14.2. The Morgan fingerprint density at radius 2 is 1.76 bits per heavy atom. The summed E-state index contributed by atoms with van der Waals surface area (Å²) in [5, 5.41) is 8.72. The van der Waals surface area contributed by atoms with Crippen LogP contribution in [-0.2, 0) is 4.79 Å². The van der Waals surface area contributed by atoms with Crippen LogP contribution in [0, 0.1) is 23.0 Å². The summed E-state index contributed by atoms with van der Waals surface area (Å²) in [5.41, 5.74) is 2.06. The first-order chi connectivity index (χ1) is 9.79. The van der Waals surface area contributed by atoms with Crippen LogP contribution in [0.25, 0.3) is 0 Å². The Morgan fingerprint density at radius 3 is 2.29 bits per heavy atom. The van der Waals surface area contributed by atoms with Crippen molar-refractivity contribution in [3.8, 4) is 6.07 Å². The average molecular weight is 288 g/mol. The lowest BCUT2D eigenvalue weighted by atomic mass is 10.1. The van der Waals surface area contributed by atoms with Gasteiger partial charge in [-0.25, -0.2) is 8.78 Å². The molecule has 1 heterocycles. The zero-order valence-corrected chi connectivity index (χ0v) is 12.2. The Labute approximate surface area is 121 Å². The molecule has 3 nitrogen and oxygen atoms in total. The molecule has 0 aromatic heterocycles. The van der Waals surface area contributed by atoms with E-state index in [4.69, 9.17) is 5.26 Å². The molecule has 1 aromatic rings. The van der Waals surface area contributed by atoms with Gasteiger partial charge in [-0.2, -0.15) is 5.26 Å². The third kappa shape index (κ3) is 2.23. The van der Waals surface area contributed by atoms with Crippen molar-refractivity contribution in [1.29, 1.82) is 5.26 Å². The van der Waals surface area contributed by atoms with Gasteiger partial charge in [-0.05, 0) is 39.3 Å². The number of hydrogen-bond acceptors (Lipinski definition) is 2. The Balaban J connectivity index is 2.69. The standard InChI is InChI=1S/C16H14F2N2O/c1-8(2)15-9(3)10(4)16(21)20(15)14-6-12(17)11(7-19)5-13(14)18/h5-6H,1-4H3. The van der Waals surface area contributed by atoms with Crippen LogP contribution in [0.15, 0.2) is 34.5 Å². The van der Waals surface area contributed by atoms with Crippen molar-refractivity contribution in [3.63, 3.8) is 0 Å². The highest BCUT2D eigenvalue weighted by molar-refractivity contribution is 6.13. The predicted molar refractivity (Wildman–Crippen MR) is 75.3 cm³/mol. The highest BCUT2D eigenvalue weighted by atomic mass is 19.1. The number of amides is 1. The molecule has 108 valence electrons. The molecule has 0 spiro atoms. The van der Waals surface area contributed by atoms with E-state index in [1.807, 2.05) is 0 Å². The van der Waals surface area contributed by atoms with E-state index in [1.54, 1.807) is 33.8 Å². The molecule has 0 atom stereocenters. The van der Waals surface area contributed by atoms with Crippen LogP contribution in [0.3, 0.4) is 0 Å². The summed E-state index contributed by atoms with van der Waals surface area (Å²) >= 11 is 0. The number of nitriles is 1. The quantitative estimate of drug-likeness (QED) is 0.788. The van der Waals surface area contributed by atoms with Crippen LogP contribution in [0.1, 0.15) is 33.3 Å². The van der Waals surface area contributed by atoms with Gasteiger partial charge in [0.25, 0.3) is 5.91 Å². The summed E-state index contributed by atoms with van der Waals surface area (Å²) in [6, 6.07) is 3.27. The zero-order valence-electron chi connectivity index (χ0n) is 12.2. The molecule has 1 aromatic carbocycles. The molecule has 0 saturated heterocycles. The summed E-state index contributed by atoms with van der Waals surface area (Å²) in [5.74, 6) is -2.04. The minimum Gasteiger partial charge on any atom is -0.274 e. The van der Waals surface area contributed by atoms with Crippen molar-refractivity contribution in [3.05, 3.63) is 51.7 Å². The molecule has 0 N–H and O–H groups in total. The Hall–Kier alpha value is -2.48. The number of allylic oxidation sites excluding steroid dienone is 2. The summed E-state index contributed by atoms with van der Waals surface area (Å²) in [6.07, 6.45) is 0. The second-order valence-electron chi connectivity index (χ2n) is 5.13. The normalized spacial score (nSPS) is 14.8. The minimum absolute atomic E-state index is 0.177. The van der Waals surface area contributed by atoms with Gasteiger partial charge in [0.05, 0.1) is 16.9 Å². The van der Waals surface area contributed by atoms with Gasteiger partial charge < -0.3 is 0 Å². The Kier molecular flexibility index (Phi) is 3.65. The zero-order chi connectivity index (χ0) is 15.9. The highest BCUT2D eigenvalue weighted by Gasteiger charge is 2.34. The van der Waals surface area contributed by atoms with Gasteiger partial charge in [0, 0.05) is 11.6 Å². The number of anilines is 1. The molecule has 2 rings (SSSR count). The van der Waals surface area contributed by atoms with Crippen LogP contribution >= 0.6 is 0 Å². The van der Waals surface area contributed by atoms with Crippen molar-refractivity contribution in [1.82, 2.24) is 0 Å². The first-order valence-corrected chi connectivity index (χ1v) is 6.38. The summed E-state index contributed by atoms with van der Waals surface area (Å²) in [4.78, 5) is 13.5. The van der Waals surface area contributed by atoms with Gasteiger partial charge in [0.1, 0.15) is 17.7 Å². The van der Waals surface area contributed by atoms with Gasteiger partial charge in [-0.3, -0.25) is 9.69 Å². The molecule has 0 aliphatic carbocycles. The smallest absolute Gasteiger partial charge is 0.258 e. The molecule has 5 heteroatoms. The first kappa shape index (κ1) is 14.9. The molecule has 1 aliphatic heterocycles. The molecule has 0 radical (unpaired) electrons. The molecule has 1 aliphatic rings. The minimum atomic E-state index is -0.850. The van der Waals surface area contributed by atoms with E-state index in [1.165, 1.54) is 4.90 Å². The van der Waals surface area contributed by atoms with Gasteiger partial charge in [0.2, 0.25) is 0 Å². The van der Waals surface area contributed by atoms with E-state index in [-0.39, 0.29) is 17.2 Å². The number of carbonyl (C=O) groups excluding carboxylic acids is 1. The van der Waals surface area contributed by atoms with E-state index in [0.717, 1.165) is 23.3 Å². The predicted octanol–water partition coefficient (Wildman–Crippen LogP) is 3.81. The molecule has 0 unspecified atom stereocenters. The molecule has 1 amide bonds. The maximum atomic E-state index is 14.2. The molecule has 21 heavy (non-hydrogen) atoms. The molecule has 0 bridgehead atoms. The second kappa shape index (κ2) is 5.13. The van der Waals surface area contributed by atoms with Crippen molar-refractivity contribution < 1.29 is 13.6 Å². The SMILES string of the molecule is CC(C)=C1C(C)=C(C)C(=O)N1c1cc(F)c(C#N)cc1F. The van der Waals surface area contributed by atoms with Crippen molar-refractivity contribution in [2.75, 3.05) is 4.90 Å². The number of benzene rings is 1. The molecular weight excluding hydrogens is 274 g/mol. The highest BCUT2D eigenvalue weighted by Crippen LogP contribution is 2.37. The fourth-order valence-electron chi connectivity index (χ4n) is 2.40. The lowest BCUT2D eigenvalue weighted by molar-refractivity contribution is -0.114. The van der Waals surface area contributed by atoms with Crippen LogP contribution in [0.5, 0.6) is 0 Å². The van der Waals surface area contributed by atoms with E-state index in [9.17, 15) is 13.6 Å². The summed E-state index contributed by atoms with van der Waals surface area (Å²) in [7, 11) is 0. The van der Waals surface area contributed by atoms with Gasteiger partial charge in [0.15, 0.2) is 0 Å². The van der Waals surface area contributed by atoms with E-state index in [0.29, 0.717) is 11.3 Å². The van der Waals surface area contributed by atoms with Crippen LogP contribution in [0.4, 0.5) is 14.5 Å².